The quantitative estimate of drug-likeness (QED) is 0.725. The van der Waals surface area contributed by atoms with Crippen molar-refractivity contribution in [2.45, 2.75) is 13.5 Å². The second-order valence-corrected chi connectivity index (χ2v) is 6.32. The number of carbonyl (C=O) groups excluding carboxylic acids is 1. The Bertz CT molecular complexity index is 833. The Hall–Kier alpha value is -2.38. The lowest BCUT2D eigenvalue weighted by atomic mass is 10.2. The Kier molecular flexibility index (Phi) is 5.12. The number of rotatable bonds is 6. The van der Waals surface area contributed by atoms with Gasteiger partial charge in [-0.25, -0.2) is 0 Å². The summed E-state index contributed by atoms with van der Waals surface area (Å²) in [7, 11) is 0. The Morgan fingerprint density at radius 2 is 2.29 bits per heavy atom. The molecule has 0 spiro atoms. The molecule has 1 amide bonds. The number of nitrogens with zero attached hydrogens (tertiary/aromatic N) is 2. The third kappa shape index (κ3) is 4.12. The van der Waals surface area contributed by atoms with Crippen LogP contribution in [0, 0.1) is 6.92 Å². The maximum Gasteiger partial charge on any atom is 0.258 e. The first kappa shape index (κ1) is 16.5. The lowest BCUT2D eigenvalue weighted by molar-refractivity contribution is -0.123. The summed E-state index contributed by atoms with van der Waals surface area (Å²) in [5.41, 5.74) is 0.890. The molecular weight excluding hydrogens is 350 g/mol. The summed E-state index contributed by atoms with van der Waals surface area (Å²) < 4.78 is 10.5. The van der Waals surface area contributed by atoms with E-state index in [1.165, 1.54) is 11.3 Å². The number of aromatic nitrogens is 2. The predicted octanol–water partition coefficient (Wildman–Crippen LogP) is 3.46. The zero-order chi connectivity index (χ0) is 16.9. The molecule has 6 nitrogen and oxygen atoms in total. The molecule has 124 valence electrons. The Morgan fingerprint density at radius 3 is 3.04 bits per heavy atom. The van der Waals surface area contributed by atoms with Crippen molar-refractivity contribution in [2.24, 2.45) is 0 Å². The molecule has 0 saturated heterocycles. The number of thiophene rings is 1. The highest BCUT2D eigenvalue weighted by Gasteiger charge is 2.11. The molecule has 2 heterocycles. The van der Waals surface area contributed by atoms with Crippen LogP contribution in [0.1, 0.15) is 11.5 Å². The van der Waals surface area contributed by atoms with Crippen LogP contribution in [0.25, 0.3) is 10.7 Å². The van der Waals surface area contributed by atoms with Crippen LogP contribution in [-0.2, 0) is 11.3 Å². The zero-order valence-electron chi connectivity index (χ0n) is 12.8. The highest BCUT2D eigenvalue weighted by atomic mass is 35.5. The van der Waals surface area contributed by atoms with E-state index in [4.69, 9.17) is 20.9 Å². The summed E-state index contributed by atoms with van der Waals surface area (Å²) in [5.74, 6) is 1.17. The van der Waals surface area contributed by atoms with Crippen molar-refractivity contribution in [2.75, 3.05) is 6.61 Å². The van der Waals surface area contributed by atoms with Gasteiger partial charge in [-0.05, 0) is 42.1 Å². The fourth-order valence-electron chi connectivity index (χ4n) is 1.91. The fourth-order valence-corrected chi connectivity index (χ4v) is 2.68. The molecule has 0 atom stereocenters. The fraction of sp³-hybridized carbons (Fsp3) is 0.188. The molecule has 2 aromatic heterocycles. The average molecular weight is 364 g/mol. The van der Waals surface area contributed by atoms with Crippen molar-refractivity contribution in [3.05, 3.63) is 52.2 Å². The number of halogens is 1. The van der Waals surface area contributed by atoms with E-state index in [2.05, 4.69) is 15.5 Å². The van der Waals surface area contributed by atoms with Crippen LogP contribution in [0.3, 0.4) is 0 Å². The molecule has 1 N–H and O–H groups in total. The van der Waals surface area contributed by atoms with E-state index in [0.717, 1.165) is 10.4 Å². The molecule has 0 aliphatic heterocycles. The van der Waals surface area contributed by atoms with Crippen LogP contribution in [0.5, 0.6) is 5.75 Å². The summed E-state index contributed by atoms with van der Waals surface area (Å²) in [5, 5.41) is 9.14. The summed E-state index contributed by atoms with van der Waals surface area (Å²) in [6.45, 7) is 1.92. The second-order valence-electron chi connectivity index (χ2n) is 4.97. The van der Waals surface area contributed by atoms with Gasteiger partial charge >= 0.3 is 0 Å². The predicted molar refractivity (Wildman–Crippen MR) is 91.1 cm³/mol. The van der Waals surface area contributed by atoms with Crippen LogP contribution in [0.2, 0.25) is 5.02 Å². The van der Waals surface area contributed by atoms with Crippen molar-refractivity contribution in [3.8, 4) is 16.5 Å². The van der Waals surface area contributed by atoms with Crippen LogP contribution < -0.4 is 10.1 Å². The van der Waals surface area contributed by atoms with Gasteiger partial charge in [0, 0.05) is 5.02 Å². The van der Waals surface area contributed by atoms with E-state index < -0.39 is 0 Å². The minimum absolute atomic E-state index is 0.104. The SMILES string of the molecule is Cc1cc(OCC(=O)NCc2nc(-c3cccs3)no2)ccc1Cl. The largest absolute Gasteiger partial charge is 0.484 e. The Balaban J connectivity index is 1.48. The maximum atomic E-state index is 11.8. The third-order valence-electron chi connectivity index (χ3n) is 3.15. The zero-order valence-corrected chi connectivity index (χ0v) is 14.4. The molecule has 0 unspecified atom stereocenters. The molecular formula is C16H14ClN3O3S. The van der Waals surface area contributed by atoms with Gasteiger partial charge in [0.15, 0.2) is 6.61 Å². The number of benzene rings is 1. The summed E-state index contributed by atoms with van der Waals surface area (Å²) >= 11 is 7.46. The van der Waals surface area contributed by atoms with E-state index in [-0.39, 0.29) is 19.1 Å². The number of hydrogen-bond acceptors (Lipinski definition) is 6. The van der Waals surface area contributed by atoms with Crippen molar-refractivity contribution in [1.29, 1.82) is 0 Å². The number of amides is 1. The molecule has 8 heteroatoms. The first-order valence-corrected chi connectivity index (χ1v) is 8.39. The number of nitrogens with one attached hydrogen (secondary N) is 1. The summed E-state index contributed by atoms with van der Waals surface area (Å²) in [6.07, 6.45) is 0. The number of aryl methyl sites for hydroxylation is 1. The van der Waals surface area contributed by atoms with Gasteiger partial charge in [-0.3, -0.25) is 4.79 Å². The highest BCUT2D eigenvalue weighted by molar-refractivity contribution is 7.13. The van der Waals surface area contributed by atoms with Crippen molar-refractivity contribution < 1.29 is 14.1 Å². The van der Waals surface area contributed by atoms with Gasteiger partial charge in [0.25, 0.3) is 5.91 Å². The average Bonchev–Trinajstić information content (AvgIpc) is 3.25. The van der Waals surface area contributed by atoms with E-state index in [9.17, 15) is 4.79 Å². The molecule has 3 aromatic rings. The Labute approximate surface area is 147 Å². The molecule has 24 heavy (non-hydrogen) atoms. The molecule has 1 aromatic carbocycles. The van der Waals surface area contributed by atoms with Crippen LogP contribution in [0.4, 0.5) is 0 Å². The molecule has 0 radical (unpaired) electrons. The first-order chi connectivity index (χ1) is 11.6. The maximum absolute atomic E-state index is 11.8. The highest BCUT2D eigenvalue weighted by Crippen LogP contribution is 2.22. The molecule has 0 fully saturated rings. The second kappa shape index (κ2) is 7.46. The van der Waals surface area contributed by atoms with Crippen LogP contribution in [0.15, 0.2) is 40.2 Å². The van der Waals surface area contributed by atoms with Crippen molar-refractivity contribution >= 4 is 28.8 Å². The van der Waals surface area contributed by atoms with Gasteiger partial charge in [0.2, 0.25) is 11.7 Å². The van der Waals surface area contributed by atoms with Crippen LogP contribution >= 0.6 is 22.9 Å². The van der Waals surface area contributed by atoms with Gasteiger partial charge in [0.05, 0.1) is 11.4 Å². The minimum Gasteiger partial charge on any atom is -0.484 e. The van der Waals surface area contributed by atoms with E-state index in [0.29, 0.717) is 22.5 Å². The van der Waals surface area contributed by atoms with Gasteiger partial charge in [-0.2, -0.15) is 4.98 Å². The van der Waals surface area contributed by atoms with E-state index >= 15 is 0 Å². The number of ether oxygens (including phenoxy) is 1. The molecule has 0 aliphatic rings. The lowest BCUT2D eigenvalue weighted by Gasteiger charge is -2.07. The summed E-state index contributed by atoms with van der Waals surface area (Å²) in [6, 6.07) is 9.04. The van der Waals surface area contributed by atoms with E-state index in [1.54, 1.807) is 18.2 Å². The molecule has 0 bridgehead atoms. The molecule has 3 rings (SSSR count). The number of carbonyl (C=O) groups is 1. The van der Waals surface area contributed by atoms with Crippen molar-refractivity contribution in [1.82, 2.24) is 15.5 Å². The lowest BCUT2D eigenvalue weighted by Crippen LogP contribution is -2.28. The standard InChI is InChI=1S/C16H14ClN3O3S/c1-10-7-11(4-5-12(10)17)22-9-14(21)18-8-15-19-16(20-23-15)13-3-2-6-24-13/h2-7H,8-9H2,1H3,(H,18,21). The minimum atomic E-state index is -0.279. The first-order valence-electron chi connectivity index (χ1n) is 7.14. The topological polar surface area (TPSA) is 77.2 Å². The molecule has 0 saturated carbocycles. The van der Waals surface area contributed by atoms with Gasteiger partial charge in [-0.1, -0.05) is 22.8 Å². The van der Waals surface area contributed by atoms with Gasteiger partial charge in [0.1, 0.15) is 5.75 Å². The van der Waals surface area contributed by atoms with Gasteiger partial charge < -0.3 is 14.6 Å². The van der Waals surface area contributed by atoms with E-state index in [1.807, 2.05) is 24.4 Å². The summed E-state index contributed by atoms with van der Waals surface area (Å²) in [4.78, 5) is 17.0. The number of hydrogen-bond donors (Lipinski definition) is 1. The van der Waals surface area contributed by atoms with Crippen molar-refractivity contribution in [3.63, 3.8) is 0 Å². The molecule has 0 aliphatic carbocycles. The van der Waals surface area contributed by atoms with Crippen LogP contribution in [-0.4, -0.2) is 22.7 Å². The normalized spacial score (nSPS) is 10.6. The third-order valence-corrected chi connectivity index (χ3v) is 4.44. The smallest absolute Gasteiger partial charge is 0.258 e. The monoisotopic (exact) mass is 363 g/mol. The van der Waals surface area contributed by atoms with Gasteiger partial charge in [-0.15, -0.1) is 11.3 Å². The Morgan fingerprint density at radius 1 is 1.42 bits per heavy atom.